The first-order valence-corrected chi connectivity index (χ1v) is 3.79. The Balaban J connectivity index is -0.0000000417. The summed E-state index contributed by atoms with van der Waals surface area (Å²) in [7, 11) is -4.10. The summed E-state index contributed by atoms with van der Waals surface area (Å²) < 4.78 is 13.2. The van der Waals surface area contributed by atoms with Gasteiger partial charge < -0.3 is 0 Å². The normalized spacial score (nSPS) is 7.78. The maximum absolute atomic E-state index is 9.50. The van der Waals surface area contributed by atoms with Crippen LogP contribution in [0.2, 0.25) is 0 Å². The van der Waals surface area contributed by atoms with E-state index in [1.165, 1.54) is 0 Å². The third-order valence-electron chi connectivity index (χ3n) is 0.106. The van der Waals surface area contributed by atoms with Gasteiger partial charge >= 0.3 is 92.2 Å². The largest absolute Gasteiger partial charge is 0 e. The summed E-state index contributed by atoms with van der Waals surface area (Å²) in [6.45, 7) is 0. The summed E-state index contributed by atoms with van der Waals surface area (Å²) in [6.07, 6.45) is 0. The molecule has 0 saturated carbocycles. The minimum Gasteiger partial charge on any atom is 0 e. The molecule has 0 aliphatic rings. The molecule has 0 radical (unpaired) electrons. The molecule has 0 spiro atoms. The van der Waals surface area contributed by atoms with E-state index in [2.05, 4.69) is 3.03 Å². The predicted molar refractivity (Wildman–Crippen MR) is 31.6 cm³/mol. The Labute approximate surface area is 133 Å². The Bertz CT molecular complexity index is 84.6. The standard InChI is InChI=1S/Al.H3O4P.Sr.Ta.Zr.5H/c;1-5(2,3)4;;;;;;;;/h;(H3,1,2,3,4);;;;;;;;/q;;;+1;;;;;;/p-1. The number of rotatable bonds is 1. The molecule has 0 rings (SSSR count). The molecule has 0 aromatic carbocycles. The first-order valence-electron chi connectivity index (χ1n) is 0.948. The monoisotopic (exact) mass is 488 g/mol. The van der Waals surface area contributed by atoms with Gasteiger partial charge in [-0.15, -0.1) is 0 Å². The van der Waals surface area contributed by atoms with Crippen LogP contribution in [0.25, 0.3) is 0 Å². The van der Waals surface area contributed by atoms with Crippen molar-refractivity contribution in [2.24, 2.45) is 0 Å². The molecule has 0 heterocycles. The van der Waals surface area contributed by atoms with Gasteiger partial charge in [0.1, 0.15) is 0 Å². The van der Waals surface area contributed by atoms with E-state index < -0.39 is 7.82 Å². The molecule has 4 nitrogen and oxygen atoms in total. The second-order valence-corrected chi connectivity index (χ2v) is 3.48. The molecule has 9 heteroatoms. The van der Waals surface area contributed by atoms with Gasteiger partial charge in [-0.3, -0.25) is 0 Å². The minimum absolute atomic E-state index is 0. The molecule has 0 aromatic rings. The van der Waals surface area contributed by atoms with Crippen molar-refractivity contribution in [2.45, 2.75) is 0 Å². The van der Waals surface area contributed by atoms with Crippen molar-refractivity contribution < 1.29 is 65.1 Å². The zero-order chi connectivity index (χ0) is 5.21. The maximum atomic E-state index is 9.50. The van der Waals surface area contributed by atoms with Crippen LogP contribution in [0, 0.1) is 0 Å². The van der Waals surface area contributed by atoms with Gasteiger partial charge in [0.25, 0.3) is 0 Å². The van der Waals surface area contributed by atoms with Crippen molar-refractivity contribution in [2.75, 3.05) is 0 Å². The fraction of sp³-hybridized carbons (Fsp3) is 0. The molecule has 9 heavy (non-hydrogen) atoms. The number of phosphoric acid groups is 1. The Morgan fingerprint density at radius 1 is 1.44 bits per heavy atom. The van der Waals surface area contributed by atoms with Gasteiger partial charge in [0, 0.05) is 26.2 Å². The third kappa shape index (κ3) is 24.5. The molecule has 0 unspecified atom stereocenters. The molecule has 50 valence electrons. The van der Waals surface area contributed by atoms with E-state index in [0.29, 0.717) is 0 Å². The van der Waals surface area contributed by atoms with Crippen molar-refractivity contribution in [1.29, 1.82) is 0 Å². The summed E-state index contributed by atoms with van der Waals surface area (Å²) >= 11 is 0.257. The molecule has 0 fully saturated rings. The van der Waals surface area contributed by atoms with Crippen molar-refractivity contribution in [3.05, 3.63) is 0 Å². The van der Waals surface area contributed by atoms with Crippen LogP contribution in [0.1, 0.15) is 0 Å². The SMILES string of the molecule is O=P(O)(O)[O][Ta].[AlH3].[SrH2].[Zr]. The zero-order valence-corrected chi connectivity index (χ0v) is 9.67. The molecule has 2 N–H and O–H groups in total. The number of hydrogen-bond donors (Lipinski definition) is 2. The van der Waals surface area contributed by atoms with Crippen LogP contribution in [0.3, 0.4) is 0 Å². The minimum atomic E-state index is -4.10. The van der Waals surface area contributed by atoms with Gasteiger partial charge in [-0.25, -0.2) is 0 Å². The van der Waals surface area contributed by atoms with Crippen molar-refractivity contribution >= 4 is 70.7 Å². The van der Waals surface area contributed by atoms with Gasteiger partial charge in [0.15, 0.2) is 17.4 Å². The smallest absolute Gasteiger partial charge is 0 e. The molecule has 0 aliphatic heterocycles. The summed E-state index contributed by atoms with van der Waals surface area (Å²) in [5, 5.41) is 0. The van der Waals surface area contributed by atoms with Crippen LogP contribution < -0.4 is 0 Å². The Kier molecular flexibility index (Phi) is 30.0. The summed E-state index contributed by atoms with van der Waals surface area (Å²) in [5.41, 5.74) is 0. The van der Waals surface area contributed by atoms with E-state index in [4.69, 9.17) is 9.79 Å². The first kappa shape index (κ1) is 23.0. The second kappa shape index (κ2) is 11.7. The van der Waals surface area contributed by atoms with Crippen LogP contribution in [-0.2, 0) is 55.3 Å². The molecule has 0 saturated heterocycles. The van der Waals surface area contributed by atoms with E-state index in [0.717, 1.165) is 0 Å². The molecular weight excluding hydrogens is 482 g/mol. The van der Waals surface area contributed by atoms with E-state index in [9.17, 15) is 4.57 Å². The topological polar surface area (TPSA) is 66.8 Å². The average molecular weight is 489 g/mol. The Hall–Kier alpha value is 3.75. The van der Waals surface area contributed by atoms with Crippen LogP contribution in [-0.4, -0.2) is 72.6 Å². The van der Waals surface area contributed by atoms with Gasteiger partial charge in [-0.1, -0.05) is 0 Å². The van der Waals surface area contributed by atoms with Crippen LogP contribution in [0.5, 0.6) is 0 Å². The predicted octanol–water partition coefficient (Wildman–Crippen LogP) is -2.55. The van der Waals surface area contributed by atoms with Gasteiger partial charge in [0.2, 0.25) is 0 Å². The second-order valence-electron chi connectivity index (χ2n) is 0.572. The van der Waals surface area contributed by atoms with Crippen molar-refractivity contribution in [3.8, 4) is 0 Å². The summed E-state index contributed by atoms with van der Waals surface area (Å²) in [4.78, 5) is 15.5. The van der Waals surface area contributed by atoms with Gasteiger partial charge in [-0.2, -0.15) is 0 Å². The average Bonchev–Trinajstić information content (AvgIpc) is 1.35. The maximum Gasteiger partial charge on any atom is 0 e. The number of hydrogen-bond acceptors (Lipinski definition) is 2. The fourth-order valence-corrected chi connectivity index (χ4v) is 0. The molecule has 0 aliphatic carbocycles. The quantitative estimate of drug-likeness (QED) is 0.315. The summed E-state index contributed by atoms with van der Waals surface area (Å²) in [5.74, 6) is 0. The molecule has 0 atom stereocenters. The molecule has 0 amide bonds. The van der Waals surface area contributed by atoms with Crippen LogP contribution in [0.15, 0.2) is 0 Å². The van der Waals surface area contributed by atoms with Crippen molar-refractivity contribution in [1.82, 2.24) is 0 Å². The Morgan fingerprint density at radius 3 is 1.56 bits per heavy atom. The summed E-state index contributed by atoms with van der Waals surface area (Å²) in [6, 6.07) is 0. The van der Waals surface area contributed by atoms with Gasteiger partial charge in [-0.05, 0) is 0 Å². The van der Waals surface area contributed by atoms with E-state index in [1.807, 2.05) is 0 Å². The molecule has 0 aromatic heterocycles. The molecular formula is H7AlO4PSrTaZr. The van der Waals surface area contributed by atoms with Crippen molar-refractivity contribution in [3.63, 3.8) is 0 Å². The van der Waals surface area contributed by atoms with E-state index in [-0.39, 0.29) is 111 Å². The zero-order valence-electron chi connectivity index (χ0n) is 3.11. The van der Waals surface area contributed by atoms with Gasteiger partial charge in [0.05, 0.1) is 0 Å². The van der Waals surface area contributed by atoms with E-state index in [1.54, 1.807) is 0 Å². The fourth-order valence-electron chi connectivity index (χ4n) is 0. The third-order valence-corrected chi connectivity index (χ3v) is 2.61. The molecule has 0 bridgehead atoms. The Morgan fingerprint density at radius 2 is 1.56 bits per heavy atom. The van der Waals surface area contributed by atoms with E-state index >= 15 is 0 Å². The van der Waals surface area contributed by atoms with Crippen LogP contribution >= 0.6 is 7.82 Å². The van der Waals surface area contributed by atoms with Crippen LogP contribution in [0.4, 0.5) is 0 Å². The first-order chi connectivity index (χ1) is 2.56.